The van der Waals surface area contributed by atoms with Crippen LogP contribution in [0, 0.1) is 5.82 Å². The Morgan fingerprint density at radius 3 is 2.59 bits per heavy atom. The molecule has 0 aliphatic carbocycles. The largest absolute Gasteiger partial charge is 0.478 e. The van der Waals surface area contributed by atoms with Crippen molar-refractivity contribution in [2.45, 2.75) is 52.4 Å². The molecular weight excluding hydrogens is 511 g/mol. The summed E-state index contributed by atoms with van der Waals surface area (Å²) in [6.07, 6.45) is 1.15. The number of fused-ring (bicyclic) bond motifs is 1. The molecule has 0 fully saturated rings. The number of hydrogen-bond donors (Lipinski definition) is 3. The van der Waals surface area contributed by atoms with Crippen molar-refractivity contribution in [3.8, 4) is 5.75 Å². The van der Waals surface area contributed by atoms with Crippen molar-refractivity contribution >= 4 is 29.4 Å². The van der Waals surface area contributed by atoms with E-state index in [1.165, 1.54) is 36.0 Å². The van der Waals surface area contributed by atoms with Crippen LogP contribution in [0.25, 0.3) is 5.65 Å². The number of anilines is 1. The minimum absolute atomic E-state index is 0.191. The summed E-state index contributed by atoms with van der Waals surface area (Å²) in [5, 5.41) is 12.3. The number of amides is 2. The average Bonchev–Trinajstić information content (AvgIpc) is 3.29. The van der Waals surface area contributed by atoms with Crippen molar-refractivity contribution in [2.24, 2.45) is 0 Å². The highest BCUT2D eigenvalue weighted by Crippen LogP contribution is 2.29. The Morgan fingerprint density at radius 1 is 1.18 bits per heavy atom. The quantitative estimate of drug-likeness (QED) is 0.328. The van der Waals surface area contributed by atoms with Crippen molar-refractivity contribution in [2.75, 3.05) is 25.5 Å². The second-order valence-corrected chi connectivity index (χ2v) is 9.51. The van der Waals surface area contributed by atoms with E-state index in [2.05, 4.69) is 26.0 Å². The summed E-state index contributed by atoms with van der Waals surface area (Å²) in [7, 11) is 1.44. The molecule has 0 aliphatic heterocycles. The fourth-order valence-corrected chi connectivity index (χ4v) is 3.56. The second-order valence-electron chi connectivity index (χ2n) is 9.51. The molecule has 2 amide bonds. The third kappa shape index (κ3) is 7.79. The van der Waals surface area contributed by atoms with Crippen molar-refractivity contribution in [1.29, 1.82) is 0 Å². The maximum Gasteiger partial charge on any atom is 0.407 e. The van der Waals surface area contributed by atoms with E-state index in [4.69, 9.17) is 14.2 Å². The normalized spacial score (nSPS) is 12.8. The lowest BCUT2D eigenvalue weighted by Crippen LogP contribution is -2.46. The first kappa shape index (κ1) is 29.1. The SMILES string of the molecule is CCOC(=O)c1cnn2ccc(N[C@H](C)c3cc(F)ccc3OC(CNC(=O)OC(C)(C)C)C(=O)NC)nc12. The van der Waals surface area contributed by atoms with Gasteiger partial charge < -0.3 is 30.2 Å². The number of carbonyl (C=O) groups is 3. The van der Waals surface area contributed by atoms with Gasteiger partial charge in [-0.3, -0.25) is 4.79 Å². The molecule has 210 valence electrons. The number of esters is 1. The average molecular weight is 545 g/mol. The fraction of sp³-hybridized carbons (Fsp3) is 0.423. The van der Waals surface area contributed by atoms with Gasteiger partial charge in [0, 0.05) is 18.8 Å². The predicted molar refractivity (Wildman–Crippen MR) is 140 cm³/mol. The summed E-state index contributed by atoms with van der Waals surface area (Å²) in [6, 6.07) is 4.97. The standard InChI is InChI=1S/C26H33FN6O6/c1-7-37-24(35)18-13-30-33-11-10-21(32-22(18)33)31-15(2)17-12-16(27)8-9-19(17)38-20(23(34)28-6)14-29-25(36)39-26(3,4)5/h8-13,15,20H,7,14H2,1-6H3,(H,28,34)(H,29,36)(H,31,32)/t15-,20?/m1/s1. The Morgan fingerprint density at radius 2 is 1.92 bits per heavy atom. The molecule has 3 rings (SSSR count). The van der Waals surface area contributed by atoms with E-state index >= 15 is 0 Å². The van der Waals surface area contributed by atoms with Gasteiger partial charge >= 0.3 is 12.1 Å². The minimum Gasteiger partial charge on any atom is -0.478 e. The monoisotopic (exact) mass is 544 g/mol. The van der Waals surface area contributed by atoms with Crippen molar-refractivity contribution < 1.29 is 33.0 Å². The summed E-state index contributed by atoms with van der Waals surface area (Å²) >= 11 is 0. The molecule has 1 unspecified atom stereocenters. The molecular formula is C26H33FN6O6. The number of likely N-dealkylation sites (N-methyl/N-ethyl adjacent to an activating group) is 1. The van der Waals surface area contributed by atoms with Gasteiger partial charge in [-0.1, -0.05) is 0 Å². The smallest absolute Gasteiger partial charge is 0.407 e. The maximum atomic E-state index is 14.3. The van der Waals surface area contributed by atoms with E-state index in [9.17, 15) is 18.8 Å². The summed E-state index contributed by atoms with van der Waals surface area (Å²) < 4.78 is 31.9. The second kappa shape index (κ2) is 12.4. The topological polar surface area (TPSA) is 145 Å². The third-order valence-corrected chi connectivity index (χ3v) is 5.31. The highest BCUT2D eigenvalue weighted by Gasteiger charge is 2.25. The third-order valence-electron chi connectivity index (χ3n) is 5.31. The van der Waals surface area contributed by atoms with E-state index < -0.39 is 41.5 Å². The minimum atomic E-state index is -1.13. The van der Waals surface area contributed by atoms with Crippen LogP contribution in [-0.4, -0.2) is 64.5 Å². The number of halogens is 1. The molecule has 0 radical (unpaired) electrons. The van der Waals surface area contributed by atoms with Gasteiger partial charge in [-0.25, -0.2) is 23.5 Å². The molecule has 0 aliphatic rings. The Kier molecular flexibility index (Phi) is 9.28. The molecule has 3 aromatic rings. The molecule has 0 bridgehead atoms. The first-order chi connectivity index (χ1) is 18.4. The van der Waals surface area contributed by atoms with Gasteiger partial charge in [-0.15, -0.1) is 0 Å². The van der Waals surface area contributed by atoms with Crippen LogP contribution in [0.15, 0.2) is 36.7 Å². The Labute approximate surface area is 225 Å². The number of nitrogens with one attached hydrogen (secondary N) is 3. The van der Waals surface area contributed by atoms with Gasteiger partial charge in [0.05, 0.1) is 25.4 Å². The van der Waals surface area contributed by atoms with Gasteiger partial charge in [0.2, 0.25) is 0 Å². The number of benzene rings is 1. The molecule has 0 spiro atoms. The molecule has 2 aromatic heterocycles. The zero-order chi connectivity index (χ0) is 28.7. The van der Waals surface area contributed by atoms with Crippen LogP contribution in [0.4, 0.5) is 15.0 Å². The van der Waals surface area contributed by atoms with Crippen LogP contribution in [-0.2, 0) is 14.3 Å². The Hall–Kier alpha value is -4.42. The summed E-state index contributed by atoms with van der Waals surface area (Å²) in [4.78, 5) is 41.3. The number of carbonyl (C=O) groups excluding carboxylic acids is 3. The predicted octanol–water partition coefficient (Wildman–Crippen LogP) is 3.24. The van der Waals surface area contributed by atoms with Crippen LogP contribution >= 0.6 is 0 Å². The van der Waals surface area contributed by atoms with Crippen molar-refractivity contribution in [3.63, 3.8) is 0 Å². The highest BCUT2D eigenvalue weighted by atomic mass is 19.1. The number of aromatic nitrogens is 3. The molecule has 0 saturated carbocycles. The van der Waals surface area contributed by atoms with Crippen LogP contribution in [0.3, 0.4) is 0 Å². The van der Waals surface area contributed by atoms with E-state index in [0.717, 1.165) is 0 Å². The lowest BCUT2D eigenvalue weighted by atomic mass is 10.1. The number of nitrogens with zero attached hydrogens (tertiary/aromatic N) is 3. The summed E-state index contributed by atoms with van der Waals surface area (Å²) in [6.45, 7) is 8.62. The van der Waals surface area contributed by atoms with Crippen LogP contribution in [0.2, 0.25) is 0 Å². The number of alkyl carbamates (subject to hydrolysis) is 1. The molecule has 12 nitrogen and oxygen atoms in total. The zero-order valence-electron chi connectivity index (χ0n) is 22.7. The van der Waals surface area contributed by atoms with Gasteiger partial charge in [0.15, 0.2) is 11.8 Å². The van der Waals surface area contributed by atoms with Gasteiger partial charge in [0.25, 0.3) is 5.91 Å². The van der Waals surface area contributed by atoms with Crippen molar-refractivity contribution in [3.05, 3.63) is 53.6 Å². The zero-order valence-corrected chi connectivity index (χ0v) is 22.7. The van der Waals surface area contributed by atoms with Crippen molar-refractivity contribution in [1.82, 2.24) is 25.2 Å². The van der Waals surface area contributed by atoms with E-state index in [1.807, 2.05) is 0 Å². The molecule has 1 aromatic carbocycles. The lowest BCUT2D eigenvalue weighted by Gasteiger charge is -2.24. The molecule has 2 heterocycles. The summed E-state index contributed by atoms with van der Waals surface area (Å²) in [5.41, 5.74) is 0.161. The van der Waals surface area contributed by atoms with Crippen LogP contribution in [0.1, 0.15) is 56.6 Å². The molecule has 39 heavy (non-hydrogen) atoms. The van der Waals surface area contributed by atoms with Gasteiger partial charge in [-0.05, 0) is 58.9 Å². The molecule has 0 saturated heterocycles. The highest BCUT2D eigenvalue weighted by molar-refractivity contribution is 5.95. The lowest BCUT2D eigenvalue weighted by molar-refractivity contribution is -0.127. The van der Waals surface area contributed by atoms with Crippen LogP contribution < -0.4 is 20.7 Å². The Bertz CT molecular complexity index is 1340. The summed E-state index contributed by atoms with van der Waals surface area (Å²) in [5.74, 6) is -0.968. The van der Waals surface area contributed by atoms with E-state index in [1.54, 1.807) is 46.9 Å². The number of rotatable bonds is 10. The molecule has 3 N–H and O–H groups in total. The first-order valence-corrected chi connectivity index (χ1v) is 12.3. The van der Waals surface area contributed by atoms with E-state index in [0.29, 0.717) is 11.4 Å². The van der Waals surface area contributed by atoms with Gasteiger partial charge in [-0.2, -0.15) is 5.10 Å². The number of ether oxygens (including phenoxy) is 3. The molecule has 13 heteroatoms. The van der Waals surface area contributed by atoms with Crippen LogP contribution in [0.5, 0.6) is 5.75 Å². The maximum absolute atomic E-state index is 14.3. The first-order valence-electron chi connectivity index (χ1n) is 12.3. The molecule has 2 atom stereocenters. The Balaban J connectivity index is 1.82. The fourth-order valence-electron chi connectivity index (χ4n) is 3.56. The van der Waals surface area contributed by atoms with Gasteiger partial charge in [0.1, 0.15) is 28.5 Å². The van der Waals surface area contributed by atoms with E-state index in [-0.39, 0.29) is 30.1 Å². The number of hydrogen-bond acceptors (Lipinski definition) is 9.